The van der Waals surface area contributed by atoms with Crippen LogP contribution in [0.2, 0.25) is 0 Å². The minimum atomic E-state index is -0.232. The van der Waals surface area contributed by atoms with Gasteiger partial charge in [-0.2, -0.15) is 10.1 Å². The summed E-state index contributed by atoms with van der Waals surface area (Å²) >= 11 is 0. The molecule has 1 aromatic heterocycles. The first-order valence-electron chi connectivity index (χ1n) is 7.80. The molecule has 3 aromatic rings. The Kier molecular flexibility index (Phi) is 3.65. The number of hydrogen-bond donors (Lipinski definition) is 1. The zero-order valence-corrected chi connectivity index (χ0v) is 13.2. The van der Waals surface area contributed by atoms with Crippen molar-refractivity contribution in [1.82, 2.24) is 14.8 Å². The van der Waals surface area contributed by atoms with Gasteiger partial charge in [0.2, 0.25) is 5.95 Å². The predicted octanol–water partition coefficient (Wildman–Crippen LogP) is 3.57. The molecule has 0 fully saturated rings. The van der Waals surface area contributed by atoms with Crippen molar-refractivity contribution in [3.05, 3.63) is 71.8 Å². The number of hydrogen-bond acceptors (Lipinski definition) is 4. The lowest BCUT2D eigenvalue weighted by molar-refractivity contribution is 0.411. The Morgan fingerprint density at radius 1 is 1.08 bits per heavy atom. The third-order valence-corrected chi connectivity index (χ3v) is 4.40. The fourth-order valence-electron chi connectivity index (χ4n) is 3.14. The van der Waals surface area contributed by atoms with E-state index in [1.54, 1.807) is 13.4 Å². The summed E-state index contributed by atoms with van der Waals surface area (Å²) in [7, 11) is 1.65. The summed E-state index contributed by atoms with van der Waals surface area (Å²) in [4.78, 5) is 4.30. The number of fused-ring (bicyclic) bond motifs is 1. The number of halogens is 1. The molecule has 6 heteroatoms. The fraction of sp³-hybridized carbons (Fsp3) is 0.222. The zero-order chi connectivity index (χ0) is 16.5. The number of methoxy groups -OCH3 is 1. The molecule has 2 heterocycles. The van der Waals surface area contributed by atoms with Crippen LogP contribution in [-0.2, 0) is 0 Å². The Hall–Kier alpha value is -2.89. The monoisotopic (exact) mass is 324 g/mol. The van der Waals surface area contributed by atoms with Crippen LogP contribution in [0.5, 0.6) is 5.75 Å². The van der Waals surface area contributed by atoms with Crippen LogP contribution in [0.1, 0.15) is 29.6 Å². The van der Waals surface area contributed by atoms with Gasteiger partial charge >= 0.3 is 0 Å². The van der Waals surface area contributed by atoms with Gasteiger partial charge in [-0.15, -0.1) is 0 Å². The Bertz CT molecular complexity index is 829. The van der Waals surface area contributed by atoms with E-state index in [-0.39, 0.29) is 17.9 Å². The van der Waals surface area contributed by atoms with Crippen molar-refractivity contribution < 1.29 is 9.13 Å². The maximum absolute atomic E-state index is 13.2. The highest BCUT2D eigenvalue weighted by Gasteiger charge is 2.29. The normalized spacial score (nSPS) is 19.4. The van der Waals surface area contributed by atoms with Gasteiger partial charge in [0.1, 0.15) is 17.9 Å². The first-order chi connectivity index (χ1) is 11.7. The van der Waals surface area contributed by atoms with Crippen molar-refractivity contribution in [3.8, 4) is 5.75 Å². The molecule has 4 rings (SSSR count). The largest absolute Gasteiger partial charge is 0.497 e. The predicted molar refractivity (Wildman–Crippen MR) is 88.5 cm³/mol. The second kappa shape index (κ2) is 5.96. The zero-order valence-electron chi connectivity index (χ0n) is 13.2. The number of benzene rings is 2. The SMILES string of the molecule is COc1ccc(C2CC(c3ccc(F)cc3)Nc3ncnn32)cc1. The number of ether oxygens (including phenoxy) is 1. The Labute approximate surface area is 139 Å². The molecule has 0 amide bonds. The third kappa shape index (κ3) is 2.60. The third-order valence-electron chi connectivity index (χ3n) is 4.40. The lowest BCUT2D eigenvalue weighted by Gasteiger charge is -2.31. The molecule has 2 unspecified atom stereocenters. The smallest absolute Gasteiger partial charge is 0.222 e. The van der Waals surface area contributed by atoms with Crippen LogP contribution in [-0.4, -0.2) is 21.9 Å². The molecule has 122 valence electrons. The van der Waals surface area contributed by atoms with Gasteiger partial charge in [-0.25, -0.2) is 9.07 Å². The standard InChI is InChI=1S/C18H17FN4O/c1-24-15-8-4-13(5-9-15)17-10-16(12-2-6-14(19)7-3-12)22-18-20-11-21-23(17)18/h2-9,11,16-17H,10H2,1H3,(H,20,21,22). The molecule has 1 aliphatic heterocycles. The number of nitrogens with zero attached hydrogens (tertiary/aromatic N) is 3. The second-order valence-electron chi connectivity index (χ2n) is 5.80. The van der Waals surface area contributed by atoms with E-state index in [4.69, 9.17) is 4.74 Å². The summed E-state index contributed by atoms with van der Waals surface area (Å²) < 4.78 is 20.3. The first kappa shape index (κ1) is 14.7. The summed E-state index contributed by atoms with van der Waals surface area (Å²) in [6, 6.07) is 14.7. The van der Waals surface area contributed by atoms with E-state index in [1.807, 2.05) is 41.1 Å². The molecular formula is C18H17FN4O. The highest BCUT2D eigenvalue weighted by atomic mass is 19.1. The lowest BCUT2D eigenvalue weighted by Crippen LogP contribution is -2.28. The minimum Gasteiger partial charge on any atom is -0.497 e. The van der Waals surface area contributed by atoms with Gasteiger partial charge in [0, 0.05) is 0 Å². The minimum absolute atomic E-state index is 0.0504. The summed E-state index contributed by atoms with van der Waals surface area (Å²) in [5.41, 5.74) is 2.17. The van der Waals surface area contributed by atoms with Crippen LogP contribution in [0.25, 0.3) is 0 Å². The Morgan fingerprint density at radius 2 is 1.79 bits per heavy atom. The van der Waals surface area contributed by atoms with Gasteiger partial charge in [-0.05, 0) is 41.8 Å². The van der Waals surface area contributed by atoms with E-state index >= 15 is 0 Å². The molecule has 0 radical (unpaired) electrons. The topological polar surface area (TPSA) is 52.0 Å². The second-order valence-corrected chi connectivity index (χ2v) is 5.80. The van der Waals surface area contributed by atoms with Crippen LogP contribution in [0.3, 0.4) is 0 Å². The summed E-state index contributed by atoms with van der Waals surface area (Å²) in [6.45, 7) is 0. The van der Waals surface area contributed by atoms with E-state index < -0.39 is 0 Å². The molecule has 1 aliphatic rings. The average molecular weight is 324 g/mol. The molecule has 1 N–H and O–H groups in total. The Morgan fingerprint density at radius 3 is 2.50 bits per heavy atom. The average Bonchev–Trinajstić information content (AvgIpc) is 3.10. The number of anilines is 1. The number of aromatic nitrogens is 3. The molecule has 24 heavy (non-hydrogen) atoms. The van der Waals surface area contributed by atoms with Crippen LogP contribution in [0.4, 0.5) is 10.3 Å². The summed E-state index contributed by atoms with van der Waals surface area (Å²) in [6.07, 6.45) is 2.35. The van der Waals surface area contributed by atoms with E-state index in [1.165, 1.54) is 12.1 Å². The van der Waals surface area contributed by atoms with E-state index in [2.05, 4.69) is 15.4 Å². The number of nitrogens with one attached hydrogen (secondary N) is 1. The molecule has 0 saturated carbocycles. The lowest BCUT2D eigenvalue weighted by atomic mass is 9.93. The van der Waals surface area contributed by atoms with Crippen molar-refractivity contribution in [2.45, 2.75) is 18.5 Å². The maximum Gasteiger partial charge on any atom is 0.222 e. The summed E-state index contributed by atoms with van der Waals surface area (Å²) in [5.74, 6) is 1.31. The Balaban J connectivity index is 1.69. The molecule has 0 saturated heterocycles. The van der Waals surface area contributed by atoms with Crippen molar-refractivity contribution >= 4 is 5.95 Å². The molecule has 0 bridgehead atoms. The molecule has 2 atom stereocenters. The van der Waals surface area contributed by atoms with E-state index in [0.717, 1.165) is 29.2 Å². The quantitative estimate of drug-likeness (QED) is 0.800. The van der Waals surface area contributed by atoms with Crippen LogP contribution >= 0.6 is 0 Å². The van der Waals surface area contributed by atoms with Crippen LogP contribution in [0, 0.1) is 5.82 Å². The van der Waals surface area contributed by atoms with Gasteiger partial charge in [0.05, 0.1) is 19.2 Å². The van der Waals surface area contributed by atoms with Gasteiger partial charge in [0.25, 0.3) is 0 Å². The molecule has 0 spiro atoms. The maximum atomic E-state index is 13.2. The van der Waals surface area contributed by atoms with Gasteiger partial charge < -0.3 is 10.1 Å². The van der Waals surface area contributed by atoms with Gasteiger partial charge in [0.15, 0.2) is 0 Å². The van der Waals surface area contributed by atoms with Crippen LogP contribution in [0.15, 0.2) is 54.9 Å². The van der Waals surface area contributed by atoms with Crippen LogP contribution < -0.4 is 10.1 Å². The summed E-state index contributed by atoms with van der Waals surface area (Å²) in [5, 5.41) is 7.73. The van der Waals surface area contributed by atoms with E-state index in [0.29, 0.717) is 0 Å². The first-order valence-corrected chi connectivity index (χ1v) is 7.80. The van der Waals surface area contributed by atoms with Crippen molar-refractivity contribution in [3.63, 3.8) is 0 Å². The fourth-order valence-corrected chi connectivity index (χ4v) is 3.14. The van der Waals surface area contributed by atoms with Gasteiger partial charge in [-0.1, -0.05) is 24.3 Å². The van der Waals surface area contributed by atoms with Crippen molar-refractivity contribution in [2.24, 2.45) is 0 Å². The molecule has 5 nitrogen and oxygen atoms in total. The molecule has 0 aliphatic carbocycles. The molecule has 2 aromatic carbocycles. The molecular weight excluding hydrogens is 307 g/mol. The number of rotatable bonds is 3. The van der Waals surface area contributed by atoms with E-state index in [9.17, 15) is 4.39 Å². The van der Waals surface area contributed by atoms with Crippen molar-refractivity contribution in [2.75, 3.05) is 12.4 Å². The van der Waals surface area contributed by atoms with Crippen molar-refractivity contribution in [1.29, 1.82) is 0 Å². The highest BCUT2D eigenvalue weighted by Crippen LogP contribution is 2.37. The van der Waals surface area contributed by atoms with Gasteiger partial charge in [-0.3, -0.25) is 0 Å². The highest BCUT2D eigenvalue weighted by molar-refractivity contribution is 5.39.